The molecule has 1 aromatic heterocycles. The first-order valence-electron chi connectivity index (χ1n) is 11.9. The van der Waals surface area contributed by atoms with Gasteiger partial charge in [-0.3, -0.25) is 14.5 Å². The first kappa shape index (κ1) is 22.4. The van der Waals surface area contributed by atoms with E-state index in [-0.39, 0.29) is 24.7 Å². The summed E-state index contributed by atoms with van der Waals surface area (Å²) in [5.74, 6) is -0.308. The van der Waals surface area contributed by atoms with Crippen molar-refractivity contribution >= 4 is 50.7 Å². The molecular weight excluding hydrogens is 434 g/mol. The standard InChI is InChI=1S/C30H27N3O2/c1-2-32-27-16-10-9-15-25(27)26-21-22(17-18-28(26)32)31-29(34)19-20-30(35)33(23-11-5-3-6-12-23)24-13-7-4-8-14-24/h3-18,21H,2,19-20H2,1H3,(H,31,34). The Kier molecular flexibility index (Phi) is 6.31. The molecule has 5 rings (SSSR count). The lowest BCUT2D eigenvalue weighted by Crippen LogP contribution is -2.27. The Balaban J connectivity index is 1.32. The van der Waals surface area contributed by atoms with Gasteiger partial charge in [0.1, 0.15) is 0 Å². The van der Waals surface area contributed by atoms with E-state index < -0.39 is 0 Å². The second-order valence-electron chi connectivity index (χ2n) is 8.44. The highest BCUT2D eigenvalue weighted by atomic mass is 16.2. The predicted molar refractivity (Wildman–Crippen MR) is 143 cm³/mol. The summed E-state index contributed by atoms with van der Waals surface area (Å²) in [6.45, 7) is 3.00. The Labute approximate surface area is 204 Å². The fourth-order valence-electron chi connectivity index (χ4n) is 4.62. The van der Waals surface area contributed by atoms with Crippen LogP contribution in [0.25, 0.3) is 21.8 Å². The first-order chi connectivity index (χ1) is 17.2. The lowest BCUT2D eigenvalue weighted by Gasteiger charge is -2.23. The third-order valence-electron chi connectivity index (χ3n) is 6.22. The minimum absolute atomic E-state index is 0.101. The number of hydrogen-bond acceptors (Lipinski definition) is 2. The Bertz CT molecular complexity index is 1450. The molecule has 0 unspecified atom stereocenters. The van der Waals surface area contributed by atoms with E-state index in [1.54, 1.807) is 4.90 Å². The number of carbonyl (C=O) groups is 2. The van der Waals surface area contributed by atoms with Crippen LogP contribution in [-0.4, -0.2) is 16.4 Å². The molecule has 0 bridgehead atoms. The summed E-state index contributed by atoms with van der Waals surface area (Å²) in [5, 5.41) is 5.25. The highest BCUT2D eigenvalue weighted by Crippen LogP contribution is 2.31. The van der Waals surface area contributed by atoms with Gasteiger partial charge in [0.05, 0.1) is 0 Å². The van der Waals surface area contributed by atoms with Crippen LogP contribution in [0.1, 0.15) is 19.8 Å². The third-order valence-corrected chi connectivity index (χ3v) is 6.22. The van der Waals surface area contributed by atoms with Gasteiger partial charge in [-0.1, -0.05) is 54.6 Å². The van der Waals surface area contributed by atoms with Crippen LogP contribution >= 0.6 is 0 Å². The summed E-state index contributed by atoms with van der Waals surface area (Å²) in [6.07, 6.45) is 0.205. The van der Waals surface area contributed by atoms with Gasteiger partial charge in [0.2, 0.25) is 11.8 Å². The van der Waals surface area contributed by atoms with Crippen LogP contribution in [0.15, 0.2) is 103 Å². The molecular formula is C30H27N3O2. The number of nitrogens with zero attached hydrogens (tertiary/aromatic N) is 2. The van der Waals surface area contributed by atoms with E-state index in [4.69, 9.17) is 0 Å². The van der Waals surface area contributed by atoms with Crippen LogP contribution in [0.5, 0.6) is 0 Å². The molecule has 0 fully saturated rings. The SMILES string of the molecule is CCn1c2ccccc2c2cc(NC(=O)CCC(=O)N(c3ccccc3)c3ccccc3)ccc21. The van der Waals surface area contributed by atoms with Crippen LogP contribution in [0.4, 0.5) is 17.1 Å². The number of rotatable bonds is 7. The lowest BCUT2D eigenvalue weighted by molar-refractivity contribution is -0.122. The average molecular weight is 462 g/mol. The quantitative estimate of drug-likeness (QED) is 0.287. The number of anilines is 3. The Hall–Kier alpha value is -4.38. The summed E-state index contributed by atoms with van der Waals surface area (Å²) in [4.78, 5) is 27.7. The number of aromatic nitrogens is 1. The number of carbonyl (C=O) groups excluding carboxylic acids is 2. The zero-order chi connectivity index (χ0) is 24.2. The number of benzene rings is 4. The Morgan fingerprint density at radius 1 is 0.714 bits per heavy atom. The molecule has 5 heteroatoms. The maximum Gasteiger partial charge on any atom is 0.232 e. The van der Waals surface area contributed by atoms with Gasteiger partial charge < -0.3 is 9.88 Å². The number of hydrogen-bond donors (Lipinski definition) is 1. The van der Waals surface area contributed by atoms with Crippen LogP contribution in [-0.2, 0) is 16.1 Å². The molecule has 0 saturated heterocycles. The van der Waals surface area contributed by atoms with Crippen molar-refractivity contribution in [2.45, 2.75) is 26.3 Å². The largest absolute Gasteiger partial charge is 0.341 e. The van der Waals surface area contributed by atoms with Crippen molar-refractivity contribution < 1.29 is 9.59 Å². The van der Waals surface area contributed by atoms with Gasteiger partial charge in [-0.2, -0.15) is 0 Å². The number of fused-ring (bicyclic) bond motifs is 3. The van der Waals surface area contributed by atoms with Crippen LogP contribution in [0.3, 0.4) is 0 Å². The molecule has 2 amide bonds. The molecule has 5 nitrogen and oxygen atoms in total. The van der Waals surface area contributed by atoms with Gasteiger partial charge in [-0.25, -0.2) is 0 Å². The lowest BCUT2D eigenvalue weighted by atomic mass is 10.1. The molecule has 35 heavy (non-hydrogen) atoms. The molecule has 1 heterocycles. The van der Waals surface area contributed by atoms with Gasteiger partial charge in [0.15, 0.2) is 0 Å². The van der Waals surface area contributed by atoms with Gasteiger partial charge >= 0.3 is 0 Å². The number of para-hydroxylation sites is 3. The van der Waals surface area contributed by atoms with E-state index in [9.17, 15) is 9.59 Å². The third kappa shape index (κ3) is 4.53. The molecule has 0 atom stereocenters. The van der Waals surface area contributed by atoms with Gasteiger partial charge in [0.25, 0.3) is 0 Å². The normalized spacial score (nSPS) is 11.0. The van der Waals surface area contributed by atoms with Crippen molar-refractivity contribution in [3.05, 3.63) is 103 Å². The number of aryl methyl sites for hydroxylation is 1. The van der Waals surface area contributed by atoms with E-state index in [0.29, 0.717) is 0 Å². The van der Waals surface area contributed by atoms with E-state index in [1.165, 1.54) is 5.52 Å². The van der Waals surface area contributed by atoms with Gasteiger partial charge in [-0.15, -0.1) is 0 Å². The van der Waals surface area contributed by atoms with Crippen molar-refractivity contribution in [3.8, 4) is 0 Å². The molecule has 0 aliphatic carbocycles. The summed E-state index contributed by atoms with van der Waals surface area (Å²) in [5.41, 5.74) is 4.62. The Morgan fingerprint density at radius 3 is 1.97 bits per heavy atom. The minimum Gasteiger partial charge on any atom is -0.341 e. The maximum atomic E-state index is 13.2. The summed E-state index contributed by atoms with van der Waals surface area (Å²) in [6, 6.07) is 33.3. The van der Waals surface area contributed by atoms with E-state index in [1.807, 2.05) is 91.0 Å². The molecule has 0 aliphatic heterocycles. The summed E-state index contributed by atoms with van der Waals surface area (Å²) < 4.78 is 2.27. The van der Waals surface area contributed by atoms with Crippen molar-refractivity contribution in [1.29, 1.82) is 0 Å². The zero-order valence-electron chi connectivity index (χ0n) is 19.6. The maximum absolute atomic E-state index is 13.2. The molecule has 0 radical (unpaired) electrons. The first-order valence-corrected chi connectivity index (χ1v) is 11.9. The van der Waals surface area contributed by atoms with Crippen LogP contribution < -0.4 is 10.2 Å². The fourth-order valence-corrected chi connectivity index (χ4v) is 4.62. The fraction of sp³-hybridized carbons (Fsp3) is 0.133. The van der Waals surface area contributed by atoms with Crippen molar-refractivity contribution in [1.82, 2.24) is 4.57 Å². The molecule has 174 valence electrons. The van der Waals surface area contributed by atoms with Crippen molar-refractivity contribution in [2.24, 2.45) is 0 Å². The monoisotopic (exact) mass is 461 g/mol. The van der Waals surface area contributed by atoms with Crippen molar-refractivity contribution in [3.63, 3.8) is 0 Å². The van der Waals surface area contributed by atoms with Gasteiger partial charge in [0, 0.05) is 58.3 Å². The number of nitrogens with one attached hydrogen (secondary N) is 1. The predicted octanol–water partition coefficient (Wildman–Crippen LogP) is 6.90. The molecule has 0 aliphatic rings. The summed E-state index contributed by atoms with van der Waals surface area (Å²) >= 11 is 0. The molecule has 0 spiro atoms. The average Bonchev–Trinajstić information content (AvgIpc) is 3.22. The van der Waals surface area contributed by atoms with Crippen LogP contribution in [0.2, 0.25) is 0 Å². The van der Waals surface area contributed by atoms with E-state index in [2.05, 4.69) is 28.9 Å². The summed E-state index contributed by atoms with van der Waals surface area (Å²) in [7, 11) is 0. The molecule has 4 aromatic carbocycles. The number of amides is 2. The second kappa shape index (κ2) is 9.85. The zero-order valence-corrected chi connectivity index (χ0v) is 19.6. The highest BCUT2D eigenvalue weighted by Gasteiger charge is 2.19. The van der Waals surface area contributed by atoms with E-state index in [0.717, 1.165) is 39.9 Å². The van der Waals surface area contributed by atoms with Crippen LogP contribution in [0, 0.1) is 0 Å². The van der Waals surface area contributed by atoms with E-state index >= 15 is 0 Å². The molecule has 0 saturated carbocycles. The second-order valence-corrected chi connectivity index (χ2v) is 8.44. The smallest absolute Gasteiger partial charge is 0.232 e. The Morgan fingerprint density at radius 2 is 1.31 bits per heavy atom. The topological polar surface area (TPSA) is 54.3 Å². The van der Waals surface area contributed by atoms with Crippen molar-refractivity contribution in [2.75, 3.05) is 10.2 Å². The molecule has 5 aromatic rings. The van der Waals surface area contributed by atoms with Gasteiger partial charge in [-0.05, 0) is 55.5 Å². The molecule has 1 N–H and O–H groups in total. The minimum atomic E-state index is -0.182. The highest BCUT2D eigenvalue weighted by molar-refractivity contribution is 6.10.